The SMILES string of the molecule is N#CC(c1ccc(Cl)cc1)N1CCN(CCO)CC1. The summed E-state index contributed by atoms with van der Waals surface area (Å²) in [5, 5.41) is 19.0. The first-order valence-electron chi connectivity index (χ1n) is 6.47. The van der Waals surface area contributed by atoms with Crippen molar-refractivity contribution in [1.82, 2.24) is 9.80 Å². The van der Waals surface area contributed by atoms with E-state index in [0.717, 1.165) is 31.7 Å². The number of aliphatic hydroxyl groups excluding tert-OH is 1. The van der Waals surface area contributed by atoms with Crippen molar-refractivity contribution in [3.63, 3.8) is 0 Å². The van der Waals surface area contributed by atoms with Crippen molar-refractivity contribution in [3.05, 3.63) is 34.9 Å². The van der Waals surface area contributed by atoms with Crippen LogP contribution in [0.5, 0.6) is 0 Å². The highest BCUT2D eigenvalue weighted by atomic mass is 35.5. The molecule has 1 unspecified atom stereocenters. The van der Waals surface area contributed by atoms with E-state index in [9.17, 15) is 5.26 Å². The van der Waals surface area contributed by atoms with Gasteiger partial charge in [-0.25, -0.2) is 0 Å². The van der Waals surface area contributed by atoms with E-state index in [0.29, 0.717) is 11.6 Å². The Morgan fingerprint density at radius 2 is 1.84 bits per heavy atom. The van der Waals surface area contributed by atoms with Crippen LogP contribution in [0.2, 0.25) is 5.02 Å². The number of nitrogens with zero attached hydrogens (tertiary/aromatic N) is 3. The van der Waals surface area contributed by atoms with Gasteiger partial charge in [0.15, 0.2) is 0 Å². The van der Waals surface area contributed by atoms with Gasteiger partial charge in [0.25, 0.3) is 0 Å². The maximum atomic E-state index is 9.39. The minimum Gasteiger partial charge on any atom is -0.395 e. The largest absolute Gasteiger partial charge is 0.395 e. The molecule has 1 fully saturated rings. The molecule has 102 valence electrons. The van der Waals surface area contributed by atoms with Gasteiger partial charge in [0, 0.05) is 37.7 Å². The molecule has 1 aromatic carbocycles. The quantitative estimate of drug-likeness (QED) is 0.908. The average molecular weight is 280 g/mol. The fraction of sp³-hybridized carbons (Fsp3) is 0.500. The molecule has 0 saturated carbocycles. The Morgan fingerprint density at radius 3 is 2.37 bits per heavy atom. The summed E-state index contributed by atoms with van der Waals surface area (Å²) in [6, 6.07) is 9.63. The van der Waals surface area contributed by atoms with Gasteiger partial charge in [-0.3, -0.25) is 9.80 Å². The number of rotatable bonds is 4. The van der Waals surface area contributed by atoms with Crippen molar-refractivity contribution >= 4 is 11.6 Å². The van der Waals surface area contributed by atoms with E-state index in [1.807, 2.05) is 24.3 Å². The predicted molar refractivity (Wildman–Crippen MR) is 74.9 cm³/mol. The molecule has 0 amide bonds. The summed E-state index contributed by atoms with van der Waals surface area (Å²) in [6.07, 6.45) is 0. The molecule has 1 aromatic rings. The van der Waals surface area contributed by atoms with E-state index < -0.39 is 0 Å². The number of benzene rings is 1. The third kappa shape index (κ3) is 3.68. The highest BCUT2D eigenvalue weighted by Crippen LogP contribution is 2.23. The molecule has 0 bridgehead atoms. The predicted octanol–water partition coefficient (Wildman–Crippen LogP) is 1.51. The van der Waals surface area contributed by atoms with Crippen LogP contribution in [0, 0.1) is 11.3 Å². The molecule has 4 nitrogen and oxygen atoms in total. The first-order valence-corrected chi connectivity index (χ1v) is 6.84. The van der Waals surface area contributed by atoms with Crippen LogP contribution in [-0.2, 0) is 0 Å². The highest BCUT2D eigenvalue weighted by Gasteiger charge is 2.24. The minimum absolute atomic E-state index is 0.193. The molecule has 5 heteroatoms. The van der Waals surface area contributed by atoms with Crippen molar-refractivity contribution < 1.29 is 5.11 Å². The zero-order valence-corrected chi connectivity index (χ0v) is 11.6. The molecule has 0 spiro atoms. The van der Waals surface area contributed by atoms with Crippen LogP contribution < -0.4 is 0 Å². The van der Waals surface area contributed by atoms with Crippen molar-refractivity contribution in [1.29, 1.82) is 5.26 Å². The molecule has 1 aliphatic heterocycles. The van der Waals surface area contributed by atoms with Gasteiger partial charge in [0.1, 0.15) is 6.04 Å². The Morgan fingerprint density at radius 1 is 1.21 bits per heavy atom. The lowest BCUT2D eigenvalue weighted by molar-refractivity contribution is 0.0982. The van der Waals surface area contributed by atoms with E-state index in [1.165, 1.54) is 0 Å². The van der Waals surface area contributed by atoms with E-state index in [4.69, 9.17) is 16.7 Å². The second-order valence-electron chi connectivity index (χ2n) is 4.68. The van der Waals surface area contributed by atoms with Gasteiger partial charge in [-0.15, -0.1) is 0 Å². The Labute approximate surface area is 118 Å². The molecule has 1 N–H and O–H groups in total. The average Bonchev–Trinajstić information content (AvgIpc) is 2.44. The van der Waals surface area contributed by atoms with Crippen molar-refractivity contribution in [3.8, 4) is 6.07 Å². The lowest BCUT2D eigenvalue weighted by atomic mass is 10.1. The van der Waals surface area contributed by atoms with Gasteiger partial charge in [-0.2, -0.15) is 5.26 Å². The number of halogens is 1. The summed E-state index contributed by atoms with van der Waals surface area (Å²) < 4.78 is 0. The number of aliphatic hydroxyl groups is 1. The molecule has 0 aliphatic carbocycles. The number of hydrogen-bond acceptors (Lipinski definition) is 4. The Hall–Kier alpha value is -1.12. The van der Waals surface area contributed by atoms with E-state index in [1.54, 1.807) is 0 Å². The fourth-order valence-corrected chi connectivity index (χ4v) is 2.52. The monoisotopic (exact) mass is 279 g/mol. The van der Waals surface area contributed by atoms with Crippen LogP contribution in [-0.4, -0.2) is 54.2 Å². The van der Waals surface area contributed by atoms with Crippen molar-refractivity contribution in [2.75, 3.05) is 39.3 Å². The highest BCUT2D eigenvalue weighted by molar-refractivity contribution is 6.30. The van der Waals surface area contributed by atoms with E-state index in [-0.39, 0.29) is 12.6 Å². The van der Waals surface area contributed by atoms with Crippen LogP contribution in [0.1, 0.15) is 11.6 Å². The number of hydrogen-bond donors (Lipinski definition) is 1. The summed E-state index contributed by atoms with van der Waals surface area (Å²) in [7, 11) is 0. The topological polar surface area (TPSA) is 50.5 Å². The number of nitriles is 1. The zero-order chi connectivity index (χ0) is 13.7. The summed E-state index contributed by atoms with van der Waals surface area (Å²) in [6.45, 7) is 4.39. The summed E-state index contributed by atoms with van der Waals surface area (Å²) >= 11 is 5.87. The second-order valence-corrected chi connectivity index (χ2v) is 5.12. The molecule has 19 heavy (non-hydrogen) atoms. The van der Waals surface area contributed by atoms with Crippen molar-refractivity contribution in [2.45, 2.75) is 6.04 Å². The van der Waals surface area contributed by atoms with E-state index >= 15 is 0 Å². The molecular formula is C14H18ClN3O. The molecule has 1 aliphatic rings. The second kappa shape index (κ2) is 6.88. The van der Waals surface area contributed by atoms with Gasteiger partial charge < -0.3 is 5.11 Å². The van der Waals surface area contributed by atoms with E-state index in [2.05, 4.69) is 15.9 Å². The van der Waals surface area contributed by atoms with Crippen LogP contribution in [0.25, 0.3) is 0 Å². The minimum atomic E-state index is -0.214. The third-order valence-electron chi connectivity index (χ3n) is 3.50. The third-order valence-corrected chi connectivity index (χ3v) is 3.75. The van der Waals surface area contributed by atoms with Gasteiger partial charge in [-0.1, -0.05) is 23.7 Å². The molecule has 0 aromatic heterocycles. The fourth-order valence-electron chi connectivity index (χ4n) is 2.40. The molecule has 0 radical (unpaired) electrons. The van der Waals surface area contributed by atoms with Gasteiger partial charge in [0.2, 0.25) is 0 Å². The maximum Gasteiger partial charge on any atom is 0.123 e. The van der Waals surface area contributed by atoms with Crippen LogP contribution >= 0.6 is 11.6 Å². The molecule has 2 rings (SSSR count). The standard InChI is InChI=1S/C14H18ClN3O/c15-13-3-1-12(2-4-13)14(11-16)18-7-5-17(6-8-18)9-10-19/h1-4,14,19H,5-10H2. The van der Waals surface area contributed by atoms with Gasteiger partial charge >= 0.3 is 0 Å². The molecule has 1 saturated heterocycles. The summed E-state index contributed by atoms with van der Waals surface area (Å²) in [4.78, 5) is 4.39. The Balaban J connectivity index is 2.00. The zero-order valence-electron chi connectivity index (χ0n) is 10.8. The van der Waals surface area contributed by atoms with Gasteiger partial charge in [0.05, 0.1) is 12.7 Å². The Bertz CT molecular complexity index is 435. The number of β-amino-alcohol motifs (C(OH)–C–C–N with tert-alkyl or cyclic N) is 1. The van der Waals surface area contributed by atoms with Crippen molar-refractivity contribution in [2.24, 2.45) is 0 Å². The first-order chi connectivity index (χ1) is 9.24. The van der Waals surface area contributed by atoms with Crippen LogP contribution in [0.3, 0.4) is 0 Å². The Kier molecular flexibility index (Phi) is 5.17. The normalized spacial score (nSPS) is 19.0. The molecule has 1 heterocycles. The molecular weight excluding hydrogens is 262 g/mol. The van der Waals surface area contributed by atoms with Crippen LogP contribution in [0.4, 0.5) is 0 Å². The summed E-state index contributed by atoms with van der Waals surface area (Å²) in [5.74, 6) is 0. The first kappa shape index (κ1) is 14.3. The summed E-state index contributed by atoms with van der Waals surface area (Å²) in [5.41, 5.74) is 0.988. The van der Waals surface area contributed by atoms with Crippen LogP contribution in [0.15, 0.2) is 24.3 Å². The lowest BCUT2D eigenvalue weighted by Gasteiger charge is -2.36. The molecule has 1 atom stereocenters. The number of piperazine rings is 1. The van der Waals surface area contributed by atoms with Gasteiger partial charge in [-0.05, 0) is 17.7 Å². The maximum absolute atomic E-state index is 9.39. The smallest absolute Gasteiger partial charge is 0.123 e. The lowest BCUT2D eigenvalue weighted by Crippen LogP contribution is -2.48.